The molecule has 0 saturated carbocycles. The number of carbonyl (C=O) groups is 1. The summed E-state index contributed by atoms with van der Waals surface area (Å²) in [6.07, 6.45) is 5.00. The number of hydrogen-bond acceptors (Lipinski definition) is 3. The van der Waals surface area contributed by atoms with Gasteiger partial charge in [-0.05, 0) is 43.9 Å². The number of carboxylic acid groups (broad SMARTS) is 1. The quantitative estimate of drug-likeness (QED) is 0.937. The zero-order chi connectivity index (χ0) is 16.4. The molecular weight excluding hydrogens is 290 g/mol. The lowest BCUT2D eigenvalue weighted by atomic mass is 9.99. The maximum Gasteiger partial charge on any atom is 0.354 e. The smallest absolute Gasteiger partial charge is 0.354 e. The summed E-state index contributed by atoms with van der Waals surface area (Å²) in [6.45, 7) is 3.36. The summed E-state index contributed by atoms with van der Waals surface area (Å²) in [5.74, 6) is -0.957. The maximum atomic E-state index is 11.1. The highest BCUT2D eigenvalue weighted by atomic mass is 16.4. The van der Waals surface area contributed by atoms with E-state index in [1.165, 1.54) is 36.1 Å². The molecule has 122 valence electrons. The Morgan fingerprint density at radius 3 is 2.65 bits per heavy atom. The molecule has 2 heterocycles. The van der Waals surface area contributed by atoms with E-state index in [2.05, 4.69) is 29.1 Å². The molecular formula is C18H23N3O2. The maximum absolute atomic E-state index is 11.1. The first-order valence-electron chi connectivity index (χ1n) is 8.24. The molecule has 1 atom stereocenters. The molecule has 1 aliphatic heterocycles. The van der Waals surface area contributed by atoms with E-state index >= 15 is 0 Å². The first-order chi connectivity index (χ1) is 11.1. The number of rotatable bonds is 4. The van der Waals surface area contributed by atoms with E-state index < -0.39 is 5.97 Å². The van der Waals surface area contributed by atoms with Crippen LogP contribution in [-0.2, 0) is 7.05 Å². The molecule has 1 N–H and O–H groups in total. The Labute approximate surface area is 136 Å². The highest BCUT2D eigenvalue weighted by molar-refractivity contribution is 5.87. The Hall–Kier alpha value is -2.30. The summed E-state index contributed by atoms with van der Waals surface area (Å²) in [5, 5.41) is 13.4. The summed E-state index contributed by atoms with van der Waals surface area (Å²) in [7, 11) is 1.65. The van der Waals surface area contributed by atoms with Crippen molar-refractivity contribution in [1.82, 2.24) is 9.78 Å². The van der Waals surface area contributed by atoms with Crippen molar-refractivity contribution in [3.8, 4) is 11.3 Å². The summed E-state index contributed by atoms with van der Waals surface area (Å²) in [4.78, 5) is 13.6. The lowest BCUT2D eigenvalue weighted by molar-refractivity contribution is 0.0685. The Kier molecular flexibility index (Phi) is 4.37. The molecule has 0 amide bonds. The van der Waals surface area contributed by atoms with Gasteiger partial charge in [-0.25, -0.2) is 4.79 Å². The normalized spacial score (nSPS) is 18.2. The topological polar surface area (TPSA) is 58.4 Å². The SMILES string of the molecule is CC[C@@H]1CCCCN1c1ccc(-c2cc(C(=O)O)n(C)n2)cc1. The number of carboxylic acids is 1. The van der Waals surface area contributed by atoms with Gasteiger partial charge in [-0.15, -0.1) is 0 Å². The third-order valence-corrected chi connectivity index (χ3v) is 4.69. The highest BCUT2D eigenvalue weighted by Gasteiger charge is 2.21. The molecule has 0 radical (unpaired) electrons. The van der Waals surface area contributed by atoms with Gasteiger partial charge in [0.1, 0.15) is 5.69 Å². The van der Waals surface area contributed by atoms with E-state index in [1.807, 2.05) is 12.1 Å². The van der Waals surface area contributed by atoms with Crippen molar-refractivity contribution in [3.05, 3.63) is 36.0 Å². The molecule has 5 nitrogen and oxygen atoms in total. The van der Waals surface area contributed by atoms with Gasteiger partial charge >= 0.3 is 5.97 Å². The molecule has 2 aromatic rings. The second kappa shape index (κ2) is 6.44. The minimum absolute atomic E-state index is 0.200. The third kappa shape index (κ3) is 3.09. The lowest BCUT2D eigenvalue weighted by Gasteiger charge is -2.37. The molecule has 3 rings (SSSR count). The summed E-state index contributed by atoms with van der Waals surface area (Å²) in [6, 6.07) is 10.6. The minimum atomic E-state index is -0.957. The molecule has 1 aromatic heterocycles. The van der Waals surface area contributed by atoms with Crippen LogP contribution in [0.3, 0.4) is 0 Å². The van der Waals surface area contributed by atoms with Gasteiger partial charge in [0.15, 0.2) is 0 Å². The van der Waals surface area contributed by atoms with Crippen LogP contribution in [-0.4, -0.2) is 33.4 Å². The van der Waals surface area contributed by atoms with E-state index in [0.717, 1.165) is 12.1 Å². The average molecular weight is 313 g/mol. The lowest BCUT2D eigenvalue weighted by Crippen LogP contribution is -2.39. The molecule has 1 fully saturated rings. The Morgan fingerprint density at radius 1 is 1.30 bits per heavy atom. The second-order valence-corrected chi connectivity index (χ2v) is 6.14. The van der Waals surface area contributed by atoms with Gasteiger partial charge in [-0.2, -0.15) is 5.10 Å². The highest BCUT2D eigenvalue weighted by Crippen LogP contribution is 2.28. The van der Waals surface area contributed by atoms with Crippen LogP contribution >= 0.6 is 0 Å². The van der Waals surface area contributed by atoms with Crippen LogP contribution in [0.4, 0.5) is 5.69 Å². The van der Waals surface area contributed by atoms with Gasteiger partial charge in [-0.3, -0.25) is 4.68 Å². The molecule has 1 aliphatic rings. The van der Waals surface area contributed by atoms with Crippen molar-refractivity contribution in [2.45, 2.75) is 38.6 Å². The average Bonchev–Trinajstić information content (AvgIpc) is 2.97. The van der Waals surface area contributed by atoms with E-state index in [9.17, 15) is 4.79 Å². The summed E-state index contributed by atoms with van der Waals surface area (Å²) in [5.41, 5.74) is 3.09. The van der Waals surface area contributed by atoms with Crippen LogP contribution in [0.15, 0.2) is 30.3 Å². The number of aromatic carboxylic acids is 1. The molecule has 0 bridgehead atoms. The molecule has 1 aromatic carbocycles. The molecule has 23 heavy (non-hydrogen) atoms. The van der Waals surface area contributed by atoms with Gasteiger partial charge < -0.3 is 10.0 Å². The minimum Gasteiger partial charge on any atom is -0.477 e. The Bertz CT molecular complexity index is 691. The van der Waals surface area contributed by atoms with Crippen molar-refractivity contribution >= 4 is 11.7 Å². The van der Waals surface area contributed by atoms with E-state index in [4.69, 9.17) is 5.11 Å². The predicted octanol–water partition coefficient (Wildman–Crippen LogP) is 3.55. The van der Waals surface area contributed by atoms with Crippen molar-refractivity contribution in [2.24, 2.45) is 7.05 Å². The van der Waals surface area contributed by atoms with Crippen LogP contribution < -0.4 is 4.90 Å². The fourth-order valence-corrected chi connectivity index (χ4v) is 3.40. The van der Waals surface area contributed by atoms with Crippen LogP contribution in [0.5, 0.6) is 0 Å². The first kappa shape index (κ1) is 15.6. The largest absolute Gasteiger partial charge is 0.477 e. The molecule has 0 unspecified atom stereocenters. The number of hydrogen-bond donors (Lipinski definition) is 1. The fourth-order valence-electron chi connectivity index (χ4n) is 3.40. The number of nitrogens with zero attached hydrogens (tertiary/aromatic N) is 3. The van der Waals surface area contributed by atoms with E-state index in [-0.39, 0.29) is 5.69 Å². The summed E-state index contributed by atoms with van der Waals surface area (Å²) < 4.78 is 1.41. The van der Waals surface area contributed by atoms with Crippen molar-refractivity contribution in [1.29, 1.82) is 0 Å². The van der Waals surface area contributed by atoms with Gasteiger partial charge in [0.05, 0.1) is 5.69 Å². The van der Waals surface area contributed by atoms with Crippen LogP contribution in [0.25, 0.3) is 11.3 Å². The van der Waals surface area contributed by atoms with Gasteiger partial charge in [0.25, 0.3) is 0 Å². The Balaban J connectivity index is 1.84. The molecule has 0 aliphatic carbocycles. The Morgan fingerprint density at radius 2 is 2.04 bits per heavy atom. The zero-order valence-electron chi connectivity index (χ0n) is 13.7. The third-order valence-electron chi connectivity index (χ3n) is 4.69. The van der Waals surface area contributed by atoms with Gasteiger partial charge in [0, 0.05) is 30.9 Å². The fraction of sp³-hybridized carbons (Fsp3) is 0.444. The van der Waals surface area contributed by atoms with Gasteiger partial charge in [-0.1, -0.05) is 19.1 Å². The number of aromatic nitrogens is 2. The molecule has 5 heteroatoms. The summed E-state index contributed by atoms with van der Waals surface area (Å²) >= 11 is 0. The number of anilines is 1. The number of piperidine rings is 1. The number of aryl methyl sites for hydroxylation is 1. The van der Waals surface area contributed by atoms with Crippen LogP contribution in [0.1, 0.15) is 43.1 Å². The monoisotopic (exact) mass is 313 g/mol. The van der Waals surface area contributed by atoms with Crippen molar-refractivity contribution in [3.63, 3.8) is 0 Å². The van der Waals surface area contributed by atoms with Crippen molar-refractivity contribution < 1.29 is 9.90 Å². The van der Waals surface area contributed by atoms with Crippen molar-refractivity contribution in [2.75, 3.05) is 11.4 Å². The second-order valence-electron chi connectivity index (χ2n) is 6.14. The predicted molar refractivity (Wildman–Crippen MR) is 90.9 cm³/mol. The zero-order valence-corrected chi connectivity index (χ0v) is 13.7. The van der Waals surface area contributed by atoms with Gasteiger partial charge in [0.2, 0.25) is 0 Å². The molecule has 1 saturated heterocycles. The molecule has 0 spiro atoms. The number of benzene rings is 1. The standard InChI is InChI=1S/C18H23N3O2/c1-3-14-6-4-5-11-21(14)15-9-7-13(8-10-15)16-12-17(18(22)23)20(2)19-16/h7-10,12,14H,3-6,11H2,1-2H3,(H,22,23)/t14-/m1/s1. The van der Waals surface area contributed by atoms with E-state index in [1.54, 1.807) is 13.1 Å². The van der Waals surface area contributed by atoms with Crippen LogP contribution in [0, 0.1) is 0 Å². The van der Waals surface area contributed by atoms with Crippen LogP contribution in [0.2, 0.25) is 0 Å². The first-order valence-corrected chi connectivity index (χ1v) is 8.24. The van der Waals surface area contributed by atoms with E-state index in [0.29, 0.717) is 11.7 Å².